The quantitative estimate of drug-likeness (QED) is 0.528. The van der Waals surface area contributed by atoms with E-state index in [1.54, 1.807) is 7.11 Å². The average Bonchev–Trinajstić information content (AvgIpc) is 1.89. The minimum absolute atomic E-state index is 0.404. The zero-order valence-electron chi connectivity index (χ0n) is 6.55. The van der Waals surface area contributed by atoms with Gasteiger partial charge in [-0.2, -0.15) is 0 Å². The van der Waals surface area contributed by atoms with E-state index in [1.807, 2.05) is 6.92 Å². The Morgan fingerprint density at radius 3 is 2.67 bits per heavy atom. The second-order valence-electron chi connectivity index (χ2n) is 2.19. The molecule has 0 radical (unpaired) electrons. The molecule has 54 valence electrons. The third-order valence-corrected chi connectivity index (χ3v) is 1.38. The highest BCUT2D eigenvalue weighted by atomic mass is 16.5. The van der Waals surface area contributed by atoms with E-state index in [1.165, 1.54) is 0 Å². The summed E-state index contributed by atoms with van der Waals surface area (Å²) >= 11 is 0. The molecule has 0 amide bonds. The molecule has 0 spiro atoms. The summed E-state index contributed by atoms with van der Waals surface area (Å²) in [5.41, 5.74) is 0. The molecule has 0 fully saturated rings. The van der Waals surface area contributed by atoms with E-state index in [4.69, 9.17) is 4.74 Å². The first-order valence-electron chi connectivity index (χ1n) is 3.45. The van der Waals surface area contributed by atoms with Gasteiger partial charge in [0.15, 0.2) is 0 Å². The Hall–Kier alpha value is -0.300. The van der Waals surface area contributed by atoms with Gasteiger partial charge in [-0.25, -0.2) is 0 Å². The van der Waals surface area contributed by atoms with Gasteiger partial charge in [-0.15, -0.1) is 0 Å². The van der Waals surface area contributed by atoms with Gasteiger partial charge in [-0.1, -0.05) is 12.2 Å². The van der Waals surface area contributed by atoms with Crippen LogP contribution in [0.15, 0.2) is 12.2 Å². The molecule has 0 aromatic heterocycles. The van der Waals surface area contributed by atoms with E-state index in [0.29, 0.717) is 6.10 Å². The lowest BCUT2D eigenvalue weighted by Gasteiger charge is -2.05. The van der Waals surface area contributed by atoms with Crippen molar-refractivity contribution in [3.8, 4) is 0 Å². The second-order valence-corrected chi connectivity index (χ2v) is 2.19. The van der Waals surface area contributed by atoms with Crippen LogP contribution < -0.4 is 0 Å². The van der Waals surface area contributed by atoms with E-state index in [2.05, 4.69) is 19.1 Å². The minimum Gasteiger partial charge on any atom is -0.382 e. The van der Waals surface area contributed by atoms with Gasteiger partial charge in [-0.3, -0.25) is 0 Å². The van der Waals surface area contributed by atoms with E-state index in [0.717, 1.165) is 12.8 Å². The van der Waals surface area contributed by atoms with Gasteiger partial charge in [0.1, 0.15) is 0 Å². The first kappa shape index (κ1) is 8.70. The summed E-state index contributed by atoms with van der Waals surface area (Å²) in [6.07, 6.45) is 6.89. The molecule has 1 unspecified atom stereocenters. The zero-order chi connectivity index (χ0) is 7.11. The first-order valence-corrected chi connectivity index (χ1v) is 3.45. The van der Waals surface area contributed by atoms with Crippen molar-refractivity contribution in [1.82, 2.24) is 0 Å². The number of rotatable bonds is 4. The maximum atomic E-state index is 5.06. The standard InChI is InChI=1S/C8H16O/c1-4-5-6-7-8(2)9-3/h4-5,8H,6-7H2,1-3H3. The van der Waals surface area contributed by atoms with Gasteiger partial charge < -0.3 is 4.74 Å². The van der Waals surface area contributed by atoms with Gasteiger partial charge >= 0.3 is 0 Å². The van der Waals surface area contributed by atoms with E-state index in [9.17, 15) is 0 Å². The Labute approximate surface area is 57.7 Å². The van der Waals surface area contributed by atoms with Gasteiger partial charge in [0.2, 0.25) is 0 Å². The minimum atomic E-state index is 0.404. The maximum absolute atomic E-state index is 5.06. The lowest BCUT2D eigenvalue weighted by molar-refractivity contribution is 0.112. The fraction of sp³-hybridized carbons (Fsp3) is 0.750. The molecule has 0 saturated carbocycles. The molecule has 1 nitrogen and oxygen atoms in total. The van der Waals surface area contributed by atoms with Gasteiger partial charge in [0.25, 0.3) is 0 Å². The molecule has 0 saturated heterocycles. The average molecular weight is 128 g/mol. The van der Waals surface area contributed by atoms with Gasteiger partial charge in [0.05, 0.1) is 6.10 Å². The van der Waals surface area contributed by atoms with Crippen molar-refractivity contribution in [1.29, 1.82) is 0 Å². The highest BCUT2D eigenvalue weighted by Crippen LogP contribution is 1.99. The lowest BCUT2D eigenvalue weighted by atomic mass is 10.2. The summed E-state index contributed by atoms with van der Waals surface area (Å²) in [4.78, 5) is 0. The van der Waals surface area contributed by atoms with E-state index >= 15 is 0 Å². The molecule has 1 atom stereocenters. The van der Waals surface area contributed by atoms with E-state index < -0.39 is 0 Å². The second kappa shape index (κ2) is 5.83. The molecule has 0 rings (SSSR count). The molecule has 0 bridgehead atoms. The number of methoxy groups -OCH3 is 1. The van der Waals surface area contributed by atoms with Crippen LogP contribution in [0.4, 0.5) is 0 Å². The van der Waals surface area contributed by atoms with Crippen molar-refractivity contribution in [2.24, 2.45) is 0 Å². The molecular weight excluding hydrogens is 112 g/mol. The third kappa shape index (κ3) is 5.57. The monoisotopic (exact) mass is 128 g/mol. The highest BCUT2D eigenvalue weighted by Gasteiger charge is 1.94. The predicted molar refractivity (Wildman–Crippen MR) is 40.5 cm³/mol. The van der Waals surface area contributed by atoms with Crippen LogP contribution in [0.1, 0.15) is 26.7 Å². The Morgan fingerprint density at radius 2 is 2.22 bits per heavy atom. The first-order chi connectivity index (χ1) is 4.31. The number of hydrogen-bond donors (Lipinski definition) is 0. The summed E-state index contributed by atoms with van der Waals surface area (Å²) in [7, 11) is 1.75. The normalized spacial score (nSPS) is 14.6. The summed E-state index contributed by atoms with van der Waals surface area (Å²) in [6, 6.07) is 0. The molecule has 0 aromatic carbocycles. The largest absolute Gasteiger partial charge is 0.382 e. The highest BCUT2D eigenvalue weighted by molar-refractivity contribution is 4.77. The van der Waals surface area contributed by atoms with Gasteiger partial charge in [-0.05, 0) is 26.7 Å². The number of allylic oxidation sites excluding steroid dienone is 2. The van der Waals surface area contributed by atoms with Gasteiger partial charge in [0, 0.05) is 7.11 Å². The van der Waals surface area contributed by atoms with Crippen LogP contribution >= 0.6 is 0 Å². The van der Waals surface area contributed by atoms with Crippen molar-refractivity contribution in [2.75, 3.05) is 7.11 Å². The Morgan fingerprint density at radius 1 is 1.56 bits per heavy atom. The van der Waals surface area contributed by atoms with Crippen LogP contribution in [-0.2, 0) is 4.74 Å². The van der Waals surface area contributed by atoms with Crippen molar-refractivity contribution in [2.45, 2.75) is 32.8 Å². The molecular formula is C8H16O. The zero-order valence-corrected chi connectivity index (χ0v) is 6.55. The summed E-state index contributed by atoms with van der Waals surface area (Å²) in [5, 5.41) is 0. The fourth-order valence-corrected chi connectivity index (χ4v) is 0.615. The summed E-state index contributed by atoms with van der Waals surface area (Å²) < 4.78 is 5.06. The molecule has 0 aliphatic carbocycles. The molecule has 0 aliphatic heterocycles. The van der Waals surface area contributed by atoms with Crippen molar-refractivity contribution >= 4 is 0 Å². The van der Waals surface area contributed by atoms with Crippen LogP contribution in [0.3, 0.4) is 0 Å². The molecule has 0 aliphatic rings. The van der Waals surface area contributed by atoms with Crippen molar-refractivity contribution in [3.05, 3.63) is 12.2 Å². The summed E-state index contributed by atoms with van der Waals surface area (Å²) in [5.74, 6) is 0. The SMILES string of the molecule is CC=CCCC(C)OC. The Balaban J connectivity index is 3.06. The molecule has 0 aromatic rings. The van der Waals surface area contributed by atoms with E-state index in [-0.39, 0.29) is 0 Å². The van der Waals surface area contributed by atoms with Crippen LogP contribution in [-0.4, -0.2) is 13.2 Å². The molecule has 1 heteroatoms. The topological polar surface area (TPSA) is 9.23 Å². The molecule has 9 heavy (non-hydrogen) atoms. The smallest absolute Gasteiger partial charge is 0.0546 e. The van der Waals surface area contributed by atoms with Crippen LogP contribution in [0, 0.1) is 0 Å². The van der Waals surface area contributed by atoms with Crippen LogP contribution in [0.2, 0.25) is 0 Å². The Bertz CT molecular complexity index is 76.6. The fourth-order valence-electron chi connectivity index (χ4n) is 0.615. The molecule has 0 N–H and O–H groups in total. The van der Waals surface area contributed by atoms with Crippen molar-refractivity contribution in [3.63, 3.8) is 0 Å². The predicted octanol–water partition coefficient (Wildman–Crippen LogP) is 2.38. The van der Waals surface area contributed by atoms with Crippen LogP contribution in [0.25, 0.3) is 0 Å². The molecule has 0 heterocycles. The maximum Gasteiger partial charge on any atom is 0.0546 e. The Kier molecular flexibility index (Phi) is 5.64. The third-order valence-electron chi connectivity index (χ3n) is 1.38. The van der Waals surface area contributed by atoms with Crippen LogP contribution in [0.5, 0.6) is 0 Å². The number of hydrogen-bond acceptors (Lipinski definition) is 1. The van der Waals surface area contributed by atoms with Crippen molar-refractivity contribution < 1.29 is 4.74 Å². The lowest BCUT2D eigenvalue weighted by Crippen LogP contribution is -2.02. The summed E-state index contributed by atoms with van der Waals surface area (Å²) in [6.45, 7) is 4.13. The number of ether oxygens (including phenoxy) is 1.